The fraction of sp³-hybridized carbons (Fsp3) is 0.545. The van der Waals surface area contributed by atoms with Crippen LogP contribution >= 0.6 is 0 Å². The van der Waals surface area contributed by atoms with Gasteiger partial charge in [-0.1, -0.05) is 13.8 Å². The molecule has 1 N–H and O–H groups in total. The number of rotatable bonds is 4. The van der Waals surface area contributed by atoms with Crippen LogP contribution in [0, 0.1) is 12.8 Å². The van der Waals surface area contributed by atoms with Crippen molar-refractivity contribution < 1.29 is 4.74 Å². The molecule has 0 fully saturated rings. The van der Waals surface area contributed by atoms with E-state index in [1.807, 2.05) is 6.92 Å². The van der Waals surface area contributed by atoms with E-state index < -0.39 is 0 Å². The summed E-state index contributed by atoms with van der Waals surface area (Å²) in [5.74, 6) is 1.05. The number of aromatic nitrogens is 1. The van der Waals surface area contributed by atoms with E-state index in [0.29, 0.717) is 18.3 Å². The zero-order valence-electron chi connectivity index (χ0n) is 8.96. The first-order valence-corrected chi connectivity index (χ1v) is 4.92. The van der Waals surface area contributed by atoms with Gasteiger partial charge < -0.3 is 9.72 Å². The van der Waals surface area contributed by atoms with Gasteiger partial charge in [0.15, 0.2) is 5.75 Å². The molecule has 78 valence electrons. The third-order valence-electron chi connectivity index (χ3n) is 2.04. The molecule has 0 atom stereocenters. The lowest BCUT2D eigenvalue weighted by Crippen LogP contribution is -2.11. The van der Waals surface area contributed by atoms with E-state index in [-0.39, 0.29) is 5.43 Å². The molecule has 1 heterocycles. The van der Waals surface area contributed by atoms with Gasteiger partial charge in [0.2, 0.25) is 5.43 Å². The molecular weight excluding hydrogens is 178 g/mol. The molecule has 0 aromatic carbocycles. The summed E-state index contributed by atoms with van der Waals surface area (Å²) in [5, 5.41) is 0. The summed E-state index contributed by atoms with van der Waals surface area (Å²) >= 11 is 0. The Balaban J connectivity index is 2.63. The van der Waals surface area contributed by atoms with Gasteiger partial charge in [-0.25, -0.2) is 0 Å². The van der Waals surface area contributed by atoms with Crippen LogP contribution in [0.25, 0.3) is 0 Å². The Kier molecular flexibility index (Phi) is 3.74. The summed E-state index contributed by atoms with van der Waals surface area (Å²) in [6.45, 7) is 6.70. The smallest absolute Gasteiger partial charge is 0.223 e. The van der Waals surface area contributed by atoms with E-state index in [2.05, 4.69) is 18.8 Å². The number of H-pyrrole nitrogens is 1. The lowest BCUT2D eigenvalue weighted by atomic mass is 10.1. The fourth-order valence-electron chi connectivity index (χ4n) is 1.14. The highest BCUT2D eigenvalue weighted by molar-refractivity contribution is 5.25. The zero-order valence-corrected chi connectivity index (χ0v) is 8.96. The molecule has 0 aliphatic carbocycles. The topological polar surface area (TPSA) is 42.1 Å². The largest absolute Gasteiger partial charge is 0.488 e. The van der Waals surface area contributed by atoms with Crippen LogP contribution in [0.1, 0.15) is 26.0 Å². The van der Waals surface area contributed by atoms with Crippen LogP contribution < -0.4 is 10.2 Å². The molecule has 0 aliphatic heterocycles. The average Bonchev–Trinajstić information content (AvgIpc) is 2.09. The molecule has 0 saturated heterocycles. The number of pyridine rings is 1. The third-order valence-corrected chi connectivity index (χ3v) is 2.04. The predicted octanol–water partition coefficient (Wildman–Crippen LogP) is 2.11. The Morgan fingerprint density at radius 2 is 2.21 bits per heavy atom. The SMILES string of the molecule is Cc1[nH]ccc(=O)c1OCCC(C)C. The van der Waals surface area contributed by atoms with Crippen LogP contribution in [0.3, 0.4) is 0 Å². The predicted molar refractivity (Wildman–Crippen MR) is 56.7 cm³/mol. The number of hydrogen-bond acceptors (Lipinski definition) is 2. The van der Waals surface area contributed by atoms with Gasteiger partial charge in [0.1, 0.15) is 0 Å². The molecular formula is C11H17NO2. The average molecular weight is 195 g/mol. The Bertz CT molecular complexity index is 341. The van der Waals surface area contributed by atoms with Crippen molar-refractivity contribution in [2.45, 2.75) is 27.2 Å². The summed E-state index contributed by atoms with van der Waals surface area (Å²) < 4.78 is 5.43. The van der Waals surface area contributed by atoms with Crippen molar-refractivity contribution in [3.63, 3.8) is 0 Å². The van der Waals surface area contributed by atoms with Crippen LogP contribution in [0.15, 0.2) is 17.1 Å². The highest BCUT2D eigenvalue weighted by Crippen LogP contribution is 2.09. The number of aromatic amines is 1. The Labute approximate surface area is 84.1 Å². The van der Waals surface area contributed by atoms with Crippen molar-refractivity contribution in [1.82, 2.24) is 4.98 Å². The minimum Gasteiger partial charge on any atom is -0.488 e. The van der Waals surface area contributed by atoms with Gasteiger partial charge in [0.05, 0.1) is 12.3 Å². The van der Waals surface area contributed by atoms with E-state index in [4.69, 9.17) is 4.74 Å². The maximum atomic E-state index is 11.4. The molecule has 1 aromatic heterocycles. The van der Waals surface area contributed by atoms with Crippen LogP contribution in [0.5, 0.6) is 5.75 Å². The highest BCUT2D eigenvalue weighted by Gasteiger charge is 2.04. The fourth-order valence-corrected chi connectivity index (χ4v) is 1.14. The molecule has 0 bridgehead atoms. The van der Waals surface area contributed by atoms with Crippen LogP contribution in [-0.4, -0.2) is 11.6 Å². The summed E-state index contributed by atoms with van der Waals surface area (Å²) in [6.07, 6.45) is 2.60. The van der Waals surface area contributed by atoms with E-state index in [1.165, 1.54) is 6.07 Å². The Hall–Kier alpha value is -1.25. The zero-order chi connectivity index (χ0) is 10.6. The second-order valence-corrected chi connectivity index (χ2v) is 3.83. The molecule has 3 heteroatoms. The molecule has 0 amide bonds. The molecule has 1 rings (SSSR count). The maximum absolute atomic E-state index is 11.4. The third kappa shape index (κ3) is 2.91. The molecule has 0 unspecified atom stereocenters. The van der Waals surface area contributed by atoms with Crippen LogP contribution in [0.2, 0.25) is 0 Å². The van der Waals surface area contributed by atoms with Crippen molar-refractivity contribution in [3.05, 3.63) is 28.2 Å². The van der Waals surface area contributed by atoms with Crippen molar-refractivity contribution in [2.24, 2.45) is 5.92 Å². The number of hydrogen-bond donors (Lipinski definition) is 1. The van der Waals surface area contributed by atoms with Crippen molar-refractivity contribution in [1.29, 1.82) is 0 Å². The van der Waals surface area contributed by atoms with Crippen molar-refractivity contribution in [2.75, 3.05) is 6.61 Å². The summed E-state index contributed by atoms with van der Waals surface area (Å²) in [4.78, 5) is 14.3. The normalized spacial score (nSPS) is 10.6. The van der Waals surface area contributed by atoms with E-state index in [0.717, 1.165) is 12.1 Å². The molecule has 3 nitrogen and oxygen atoms in total. The van der Waals surface area contributed by atoms with E-state index in [1.54, 1.807) is 6.20 Å². The minimum atomic E-state index is -0.0509. The number of ether oxygens (including phenoxy) is 1. The van der Waals surface area contributed by atoms with E-state index >= 15 is 0 Å². The standard InChI is InChI=1S/C11H17NO2/c1-8(2)5-7-14-11-9(3)12-6-4-10(11)13/h4,6,8H,5,7H2,1-3H3,(H,12,13). The molecule has 0 radical (unpaired) electrons. The van der Waals surface area contributed by atoms with E-state index in [9.17, 15) is 4.79 Å². The maximum Gasteiger partial charge on any atom is 0.223 e. The molecule has 0 spiro atoms. The minimum absolute atomic E-state index is 0.0509. The van der Waals surface area contributed by atoms with Gasteiger partial charge in [-0.15, -0.1) is 0 Å². The molecule has 1 aromatic rings. The van der Waals surface area contributed by atoms with Crippen molar-refractivity contribution in [3.8, 4) is 5.75 Å². The van der Waals surface area contributed by atoms with Gasteiger partial charge in [0.25, 0.3) is 0 Å². The summed E-state index contributed by atoms with van der Waals surface area (Å²) in [6, 6.07) is 1.48. The molecule has 14 heavy (non-hydrogen) atoms. The van der Waals surface area contributed by atoms with Crippen LogP contribution in [0.4, 0.5) is 0 Å². The van der Waals surface area contributed by atoms with Crippen molar-refractivity contribution >= 4 is 0 Å². The monoisotopic (exact) mass is 195 g/mol. The molecule has 0 aliphatic rings. The highest BCUT2D eigenvalue weighted by atomic mass is 16.5. The second-order valence-electron chi connectivity index (χ2n) is 3.83. The van der Waals surface area contributed by atoms with Gasteiger partial charge in [0, 0.05) is 12.3 Å². The molecule has 0 saturated carbocycles. The first-order chi connectivity index (χ1) is 6.61. The number of aryl methyl sites for hydroxylation is 1. The summed E-state index contributed by atoms with van der Waals surface area (Å²) in [7, 11) is 0. The quantitative estimate of drug-likeness (QED) is 0.799. The van der Waals surface area contributed by atoms with Gasteiger partial charge in [-0.2, -0.15) is 0 Å². The first-order valence-electron chi connectivity index (χ1n) is 4.92. The van der Waals surface area contributed by atoms with Gasteiger partial charge in [-0.3, -0.25) is 4.79 Å². The second kappa shape index (κ2) is 4.84. The Morgan fingerprint density at radius 3 is 2.79 bits per heavy atom. The van der Waals surface area contributed by atoms with Gasteiger partial charge >= 0.3 is 0 Å². The lowest BCUT2D eigenvalue weighted by Gasteiger charge is -2.08. The first kappa shape index (κ1) is 10.8. The number of nitrogens with one attached hydrogen (secondary N) is 1. The lowest BCUT2D eigenvalue weighted by molar-refractivity contribution is 0.284. The Morgan fingerprint density at radius 1 is 1.50 bits per heavy atom. The van der Waals surface area contributed by atoms with Gasteiger partial charge in [-0.05, 0) is 19.3 Å². The summed E-state index contributed by atoms with van der Waals surface area (Å²) in [5.41, 5.74) is 0.742. The van der Waals surface area contributed by atoms with Crippen LogP contribution in [-0.2, 0) is 0 Å².